The van der Waals surface area contributed by atoms with E-state index in [-0.39, 0.29) is 5.97 Å². The van der Waals surface area contributed by atoms with Gasteiger partial charge in [0.2, 0.25) is 0 Å². The van der Waals surface area contributed by atoms with E-state index in [0.717, 1.165) is 5.92 Å². The second-order valence-corrected chi connectivity index (χ2v) is 3.42. The Kier molecular flexibility index (Phi) is 13.9. The zero-order valence-corrected chi connectivity index (χ0v) is 10.1. The fraction of sp³-hybridized carbons (Fsp3) is 0.900. The van der Waals surface area contributed by atoms with Gasteiger partial charge in [0.05, 0.1) is 0 Å². The number of unbranched alkanes of at least 4 members (excludes halogenated alkanes) is 1. The maximum atomic E-state index is 9.51. The third-order valence-corrected chi connectivity index (χ3v) is 2.13. The van der Waals surface area contributed by atoms with Crippen molar-refractivity contribution in [1.82, 2.24) is 0 Å². The molecule has 0 aliphatic rings. The van der Waals surface area contributed by atoms with Gasteiger partial charge >= 0.3 is 5.97 Å². The fourth-order valence-corrected chi connectivity index (χ4v) is 0.757. The number of thiol groups is 1. The molecule has 2 nitrogen and oxygen atoms in total. The van der Waals surface area contributed by atoms with Gasteiger partial charge in [-0.1, -0.05) is 46.5 Å². The van der Waals surface area contributed by atoms with Crippen LogP contribution in [0.3, 0.4) is 0 Å². The first-order valence-electron chi connectivity index (χ1n) is 4.90. The first-order chi connectivity index (χ1) is 6.08. The minimum atomic E-state index is -0.381. The summed E-state index contributed by atoms with van der Waals surface area (Å²) in [4.78, 5) is 9.51. The van der Waals surface area contributed by atoms with Gasteiger partial charge in [0.25, 0.3) is 0 Å². The van der Waals surface area contributed by atoms with Crippen LogP contribution in [0.1, 0.15) is 53.4 Å². The monoisotopic (exact) mass is 206 g/mol. The maximum absolute atomic E-state index is 9.51. The highest BCUT2D eigenvalue weighted by Crippen LogP contribution is 2.09. The van der Waals surface area contributed by atoms with Crippen LogP contribution in [-0.2, 0) is 8.98 Å². The van der Waals surface area contributed by atoms with Crippen molar-refractivity contribution in [2.45, 2.75) is 53.4 Å². The number of rotatable bonds is 4. The zero-order valence-electron chi connectivity index (χ0n) is 9.17. The molecular weight excluding hydrogens is 184 g/mol. The van der Waals surface area contributed by atoms with Crippen molar-refractivity contribution in [3.8, 4) is 0 Å². The lowest BCUT2D eigenvalue weighted by Crippen LogP contribution is -1.89. The Labute approximate surface area is 87.7 Å². The quantitative estimate of drug-likeness (QED) is 0.561. The molecule has 0 amide bonds. The van der Waals surface area contributed by atoms with E-state index in [1.54, 1.807) is 0 Å². The van der Waals surface area contributed by atoms with Crippen molar-refractivity contribution in [3.05, 3.63) is 0 Å². The van der Waals surface area contributed by atoms with Gasteiger partial charge in [0.15, 0.2) is 0 Å². The predicted molar refractivity (Wildman–Crippen MR) is 59.7 cm³/mol. The maximum Gasteiger partial charge on any atom is 0.314 e. The number of carbonyl (C=O) groups excluding carboxylic acids is 1. The molecule has 0 spiro atoms. The first-order valence-corrected chi connectivity index (χ1v) is 5.26. The topological polar surface area (TPSA) is 26.3 Å². The van der Waals surface area contributed by atoms with E-state index >= 15 is 0 Å². The van der Waals surface area contributed by atoms with Gasteiger partial charge in [-0.25, -0.2) is 0 Å². The van der Waals surface area contributed by atoms with Crippen molar-refractivity contribution in [2.75, 3.05) is 0 Å². The lowest BCUT2D eigenvalue weighted by Gasteiger charge is -2.04. The van der Waals surface area contributed by atoms with Gasteiger partial charge in [-0.2, -0.15) is 0 Å². The summed E-state index contributed by atoms with van der Waals surface area (Å²) in [5.41, 5.74) is 0. The van der Waals surface area contributed by atoms with Crippen LogP contribution >= 0.6 is 12.9 Å². The van der Waals surface area contributed by atoms with Crippen molar-refractivity contribution < 1.29 is 8.98 Å². The lowest BCUT2D eigenvalue weighted by molar-refractivity contribution is -0.130. The lowest BCUT2D eigenvalue weighted by atomic mass is 10.0. The molecule has 0 rings (SSSR count). The Bertz CT molecular complexity index is 115. The van der Waals surface area contributed by atoms with Crippen molar-refractivity contribution in [1.29, 1.82) is 0 Å². The van der Waals surface area contributed by atoms with Crippen LogP contribution < -0.4 is 0 Å². The second kappa shape index (κ2) is 11.8. The van der Waals surface area contributed by atoms with Crippen LogP contribution in [0.2, 0.25) is 0 Å². The summed E-state index contributed by atoms with van der Waals surface area (Å²) in [6, 6.07) is 0. The van der Waals surface area contributed by atoms with Gasteiger partial charge in [-0.3, -0.25) is 4.79 Å². The zero-order chi connectivity index (χ0) is 10.7. The number of hydrogen-bond acceptors (Lipinski definition) is 3. The van der Waals surface area contributed by atoms with Crippen LogP contribution in [0.5, 0.6) is 0 Å². The van der Waals surface area contributed by atoms with Gasteiger partial charge in [0.1, 0.15) is 0 Å². The molecule has 0 saturated carbocycles. The third-order valence-electron chi connectivity index (χ3n) is 1.88. The average Bonchev–Trinajstić information content (AvgIpc) is 2.15. The van der Waals surface area contributed by atoms with Crippen LogP contribution in [0.15, 0.2) is 0 Å². The Hall–Kier alpha value is -0.180. The standard InChI is InChI=1S/C8H18.C2H4O2S/c1-4-6-7-8(3)5-2;1-2(3)4-5/h8H,4-7H2,1-3H3;5H,1H3. The Balaban J connectivity index is 0. The summed E-state index contributed by atoms with van der Waals surface area (Å²) in [6.07, 6.45) is 5.53. The van der Waals surface area contributed by atoms with Gasteiger partial charge in [-0.05, 0) is 5.92 Å². The summed E-state index contributed by atoms with van der Waals surface area (Å²) < 4.78 is 3.81. The smallest absolute Gasteiger partial charge is 0.314 e. The van der Waals surface area contributed by atoms with Gasteiger partial charge in [0, 0.05) is 19.8 Å². The molecule has 0 bridgehead atoms. The summed E-state index contributed by atoms with van der Waals surface area (Å²) >= 11 is 3.17. The van der Waals surface area contributed by atoms with Crippen LogP contribution in [-0.4, -0.2) is 5.97 Å². The molecule has 1 atom stereocenters. The number of hydrogen-bond donors (Lipinski definition) is 1. The molecule has 80 valence electrons. The summed E-state index contributed by atoms with van der Waals surface area (Å²) in [5.74, 6) is 0.572. The molecule has 0 radical (unpaired) electrons. The van der Waals surface area contributed by atoms with Crippen LogP contribution in [0, 0.1) is 5.92 Å². The highest BCUT2D eigenvalue weighted by Gasteiger charge is 1.94. The van der Waals surface area contributed by atoms with Crippen molar-refractivity contribution >= 4 is 18.9 Å². The minimum absolute atomic E-state index is 0.381. The minimum Gasteiger partial charge on any atom is -0.395 e. The van der Waals surface area contributed by atoms with E-state index in [9.17, 15) is 4.79 Å². The van der Waals surface area contributed by atoms with E-state index < -0.39 is 0 Å². The SMILES string of the molecule is CC(=O)OS.CCCCC(C)CC. The largest absolute Gasteiger partial charge is 0.395 e. The Morgan fingerprint density at radius 1 is 1.46 bits per heavy atom. The second-order valence-electron chi connectivity index (χ2n) is 3.24. The van der Waals surface area contributed by atoms with Crippen LogP contribution in [0.4, 0.5) is 0 Å². The molecular formula is C10H22O2S. The molecule has 0 N–H and O–H groups in total. The molecule has 0 aromatic rings. The Morgan fingerprint density at radius 2 is 1.92 bits per heavy atom. The molecule has 0 heterocycles. The van der Waals surface area contributed by atoms with Gasteiger partial charge < -0.3 is 4.18 Å². The van der Waals surface area contributed by atoms with Crippen LogP contribution in [0.25, 0.3) is 0 Å². The molecule has 0 fully saturated rings. The van der Waals surface area contributed by atoms with Gasteiger partial charge in [-0.15, -0.1) is 0 Å². The van der Waals surface area contributed by atoms with E-state index in [4.69, 9.17) is 0 Å². The predicted octanol–water partition coefficient (Wildman–Crippen LogP) is 3.62. The van der Waals surface area contributed by atoms with E-state index in [2.05, 4.69) is 37.9 Å². The molecule has 3 heteroatoms. The van der Waals surface area contributed by atoms with E-state index in [1.807, 2.05) is 0 Å². The first kappa shape index (κ1) is 15.3. The molecule has 0 saturated heterocycles. The Morgan fingerprint density at radius 3 is 2.15 bits per heavy atom. The summed E-state index contributed by atoms with van der Waals surface area (Å²) in [6.45, 7) is 8.13. The molecule has 13 heavy (non-hydrogen) atoms. The molecule has 0 aromatic carbocycles. The highest BCUT2D eigenvalue weighted by atomic mass is 32.1. The normalized spacial score (nSPS) is 11.2. The van der Waals surface area contributed by atoms with E-state index in [0.29, 0.717) is 0 Å². The fourth-order valence-electron chi connectivity index (χ4n) is 0.757. The van der Waals surface area contributed by atoms with Crippen molar-refractivity contribution in [3.63, 3.8) is 0 Å². The summed E-state index contributed by atoms with van der Waals surface area (Å²) in [5, 5.41) is 0. The number of carbonyl (C=O) groups is 1. The highest BCUT2D eigenvalue weighted by molar-refractivity contribution is 7.75. The molecule has 0 aliphatic carbocycles. The molecule has 0 aliphatic heterocycles. The average molecular weight is 206 g/mol. The van der Waals surface area contributed by atoms with Crippen molar-refractivity contribution in [2.24, 2.45) is 5.92 Å². The molecule has 1 unspecified atom stereocenters. The molecule has 0 aromatic heterocycles. The third kappa shape index (κ3) is 18.6. The summed E-state index contributed by atoms with van der Waals surface area (Å²) in [7, 11) is 0. The van der Waals surface area contributed by atoms with E-state index in [1.165, 1.54) is 32.6 Å².